The maximum absolute atomic E-state index is 12.8. The minimum atomic E-state index is -3.44. The first-order chi connectivity index (χ1) is 15.8. The summed E-state index contributed by atoms with van der Waals surface area (Å²) in [4.78, 5) is 20.5. The van der Waals surface area contributed by atoms with Gasteiger partial charge >= 0.3 is 0 Å². The molecule has 0 amide bonds. The van der Waals surface area contributed by atoms with Crippen molar-refractivity contribution in [1.29, 1.82) is 0 Å². The minimum Gasteiger partial charge on any atom is -0.326 e. The zero-order chi connectivity index (χ0) is 24.9. The van der Waals surface area contributed by atoms with Gasteiger partial charge in [-0.2, -0.15) is 0 Å². The average molecular weight is 483 g/mol. The molecule has 1 aliphatic rings. The van der Waals surface area contributed by atoms with Crippen molar-refractivity contribution in [2.45, 2.75) is 52.5 Å². The Bertz CT molecular complexity index is 1400. The largest absolute Gasteiger partial charge is 0.326 e. The standard InChI is InChI=1S/C26H34N4O3S/c1-16-7-8-20(24(31)29-16)21-13-19(25(2,3)4)12-17-11-18(14-28-22(17)21)23(30-34(6,32)33)26(5)9-10-27-15-26/h7-8,11-14,23,27,30H,9-10,15H2,1-6H3,(H,29,31). The Hall–Kier alpha value is -2.55. The predicted molar refractivity (Wildman–Crippen MR) is 138 cm³/mol. The number of H-pyrrole nitrogens is 1. The molecule has 182 valence electrons. The van der Waals surface area contributed by atoms with E-state index in [-0.39, 0.29) is 16.4 Å². The molecule has 0 aliphatic carbocycles. The molecule has 0 radical (unpaired) electrons. The summed E-state index contributed by atoms with van der Waals surface area (Å²) < 4.78 is 27.4. The Morgan fingerprint density at radius 2 is 1.88 bits per heavy atom. The van der Waals surface area contributed by atoms with Gasteiger partial charge in [0.25, 0.3) is 5.56 Å². The molecule has 34 heavy (non-hydrogen) atoms. The van der Waals surface area contributed by atoms with Crippen LogP contribution < -0.4 is 15.6 Å². The number of pyridine rings is 2. The van der Waals surface area contributed by atoms with Crippen molar-refractivity contribution in [3.8, 4) is 11.1 Å². The van der Waals surface area contributed by atoms with E-state index in [0.29, 0.717) is 12.1 Å². The number of hydrogen-bond acceptors (Lipinski definition) is 5. The molecule has 3 aromatic rings. The lowest BCUT2D eigenvalue weighted by molar-refractivity contribution is 0.270. The molecule has 4 rings (SSSR count). The molecule has 8 heteroatoms. The maximum atomic E-state index is 12.8. The Morgan fingerprint density at radius 3 is 2.47 bits per heavy atom. The lowest BCUT2D eigenvalue weighted by Gasteiger charge is -2.34. The van der Waals surface area contributed by atoms with Crippen molar-refractivity contribution in [2.24, 2.45) is 5.41 Å². The normalized spacial score (nSPS) is 20.1. The van der Waals surface area contributed by atoms with E-state index in [0.717, 1.165) is 46.3 Å². The van der Waals surface area contributed by atoms with E-state index in [4.69, 9.17) is 4.98 Å². The zero-order valence-electron chi connectivity index (χ0n) is 20.7. The van der Waals surface area contributed by atoms with Gasteiger partial charge in [0, 0.05) is 40.4 Å². The lowest BCUT2D eigenvalue weighted by atomic mass is 9.78. The van der Waals surface area contributed by atoms with Crippen molar-refractivity contribution >= 4 is 20.9 Å². The minimum absolute atomic E-state index is 0.151. The molecule has 2 atom stereocenters. The van der Waals surface area contributed by atoms with Gasteiger partial charge in [-0.15, -0.1) is 0 Å². The van der Waals surface area contributed by atoms with Crippen LogP contribution in [-0.2, 0) is 15.4 Å². The topological polar surface area (TPSA) is 104 Å². The van der Waals surface area contributed by atoms with E-state index in [1.807, 2.05) is 31.2 Å². The van der Waals surface area contributed by atoms with Gasteiger partial charge in [-0.05, 0) is 66.8 Å². The summed E-state index contributed by atoms with van der Waals surface area (Å²) in [5.41, 5.74) is 4.18. The monoisotopic (exact) mass is 482 g/mol. The van der Waals surface area contributed by atoms with Crippen LogP contribution in [-0.4, -0.2) is 37.7 Å². The van der Waals surface area contributed by atoms with Gasteiger partial charge in [-0.1, -0.05) is 27.7 Å². The number of aromatic nitrogens is 2. The molecule has 1 aromatic carbocycles. The summed E-state index contributed by atoms with van der Waals surface area (Å²) >= 11 is 0. The second kappa shape index (κ2) is 8.59. The number of benzene rings is 1. The predicted octanol–water partition coefficient (Wildman–Crippen LogP) is 3.79. The SMILES string of the molecule is Cc1ccc(-c2cc(C(C)(C)C)cc3cc(C(NS(C)(=O)=O)C4(C)CCNC4)cnc23)c(=O)[nH]1. The number of hydrogen-bond donors (Lipinski definition) is 3. The fourth-order valence-corrected chi connectivity index (χ4v) is 5.61. The first kappa shape index (κ1) is 24.6. The van der Waals surface area contributed by atoms with Gasteiger partial charge in [0.2, 0.25) is 10.0 Å². The highest BCUT2D eigenvalue weighted by molar-refractivity contribution is 7.88. The molecule has 0 spiro atoms. The van der Waals surface area contributed by atoms with E-state index in [9.17, 15) is 13.2 Å². The first-order valence-corrected chi connectivity index (χ1v) is 13.5. The van der Waals surface area contributed by atoms with Crippen molar-refractivity contribution in [3.63, 3.8) is 0 Å². The average Bonchev–Trinajstić information content (AvgIpc) is 3.17. The number of aryl methyl sites for hydroxylation is 1. The third kappa shape index (κ3) is 4.94. The highest BCUT2D eigenvalue weighted by Crippen LogP contribution is 2.41. The van der Waals surface area contributed by atoms with E-state index < -0.39 is 16.1 Å². The van der Waals surface area contributed by atoms with Crippen LogP contribution >= 0.6 is 0 Å². The number of nitrogens with one attached hydrogen (secondary N) is 3. The fourth-order valence-electron chi connectivity index (χ4n) is 4.76. The molecule has 0 saturated carbocycles. The lowest BCUT2D eigenvalue weighted by Crippen LogP contribution is -2.40. The molecular formula is C26H34N4O3S. The second-order valence-electron chi connectivity index (χ2n) is 10.9. The molecular weight excluding hydrogens is 448 g/mol. The molecule has 7 nitrogen and oxygen atoms in total. The first-order valence-electron chi connectivity index (χ1n) is 11.6. The summed E-state index contributed by atoms with van der Waals surface area (Å²) in [7, 11) is -3.44. The zero-order valence-corrected chi connectivity index (χ0v) is 21.6. The summed E-state index contributed by atoms with van der Waals surface area (Å²) in [5.74, 6) is 0. The highest BCUT2D eigenvalue weighted by Gasteiger charge is 2.39. The van der Waals surface area contributed by atoms with Crippen LogP contribution in [0.15, 0.2) is 41.3 Å². The van der Waals surface area contributed by atoms with E-state index in [2.05, 4.69) is 48.8 Å². The Labute approximate surface area is 201 Å². The molecule has 3 N–H and O–H groups in total. The van der Waals surface area contributed by atoms with Gasteiger partial charge in [-0.3, -0.25) is 9.78 Å². The van der Waals surface area contributed by atoms with Gasteiger partial charge in [0.05, 0.1) is 17.8 Å². The van der Waals surface area contributed by atoms with Crippen LogP contribution in [0.5, 0.6) is 0 Å². The van der Waals surface area contributed by atoms with Crippen molar-refractivity contribution in [1.82, 2.24) is 20.0 Å². The quantitative estimate of drug-likeness (QED) is 0.513. The molecule has 1 fully saturated rings. The summed E-state index contributed by atoms with van der Waals surface area (Å²) in [6.45, 7) is 11.9. The smallest absolute Gasteiger partial charge is 0.256 e. The third-order valence-corrected chi connectivity index (χ3v) is 7.44. The van der Waals surface area contributed by atoms with Crippen molar-refractivity contribution < 1.29 is 8.42 Å². The van der Waals surface area contributed by atoms with Crippen molar-refractivity contribution in [3.05, 3.63) is 63.7 Å². The third-order valence-electron chi connectivity index (χ3n) is 6.78. The second-order valence-corrected chi connectivity index (χ2v) is 12.7. The molecule has 1 aliphatic heterocycles. The number of rotatable bonds is 5. The summed E-state index contributed by atoms with van der Waals surface area (Å²) in [6.07, 6.45) is 3.79. The van der Waals surface area contributed by atoms with Gasteiger partial charge in [0.1, 0.15) is 0 Å². The van der Waals surface area contributed by atoms with E-state index in [1.165, 1.54) is 6.26 Å². The van der Waals surface area contributed by atoms with Gasteiger partial charge in [-0.25, -0.2) is 13.1 Å². The Morgan fingerprint density at radius 1 is 1.15 bits per heavy atom. The van der Waals surface area contributed by atoms with E-state index >= 15 is 0 Å². The Balaban J connectivity index is 1.96. The van der Waals surface area contributed by atoms with Crippen LogP contribution in [0, 0.1) is 12.3 Å². The number of nitrogens with zero attached hydrogens (tertiary/aromatic N) is 1. The fraction of sp³-hybridized carbons (Fsp3) is 0.462. The van der Waals surface area contributed by atoms with Crippen LogP contribution in [0.25, 0.3) is 22.0 Å². The molecule has 0 bridgehead atoms. The Kier molecular flexibility index (Phi) is 6.21. The van der Waals surface area contributed by atoms with Gasteiger partial charge < -0.3 is 10.3 Å². The summed E-state index contributed by atoms with van der Waals surface area (Å²) in [6, 6.07) is 9.48. The van der Waals surface area contributed by atoms with E-state index in [1.54, 1.807) is 6.20 Å². The molecule has 1 saturated heterocycles. The number of sulfonamides is 1. The number of aromatic amines is 1. The number of fused-ring (bicyclic) bond motifs is 1. The van der Waals surface area contributed by atoms with Crippen molar-refractivity contribution in [2.75, 3.05) is 19.3 Å². The maximum Gasteiger partial charge on any atom is 0.256 e. The molecule has 2 aromatic heterocycles. The van der Waals surface area contributed by atoms with Crippen LogP contribution in [0.3, 0.4) is 0 Å². The summed E-state index contributed by atoms with van der Waals surface area (Å²) in [5, 5.41) is 4.25. The van der Waals surface area contributed by atoms with Crippen LogP contribution in [0.4, 0.5) is 0 Å². The van der Waals surface area contributed by atoms with Gasteiger partial charge in [0.15, 0.2) is 0 Å². The molecule has 2 unspecified atom stereocenters. The van der Waals surface area contributed by atoms with Crippen LogP contribution in [0.2, 0.25) is 0 Å². The highest BCUT2D eigenvalue weighted by atomic mass is 32.2. The molecule has 3 heterocycles. The van der Waals surface area contributed by atoms with Crippen LogP contribution in [0.1, 0.15) is 57.0 Å².